The second kappa shape index (κ2) is 9.17. The summed E-state index contributed by atoms with van der Waals surface area (Å²) in [6.45, 7) is 3.94. The van der Waals surface area contributed by atoms with Gasteiger partial charge in [0.05, 0.1) is 5.69 Å². The van der Waals surface area contributed by atoms with Gasteiger partial charge in [0.2, 0.25) is 5.91 Å². The molecule has 1 aromatic carbocycles. The van der Waals surface area contributed by atoms with E-state index in [1.54, 1.807) is 0 Å². The van der Waals surface area contributed by atoms with Crippen molar-refractivity contribution >= 4 is 11.6 Å². The van der Waals surface area contributed by atoms with Crippen molar-refractivity contribution in [1.82, 2.24) is 0 Å². The lowest BCUT2D eigenvalue weighted by molar-refractivity contribution is -0.116. The molecule has 0 aliphatic heterocycles. The van der Waals surface area contributed by atoms with Crippen LogP contribution in [0.2, 0.25) is 0 Å². The van der Waals surface area contributed by atoms with Crippen LogP contribution in [0.3, 0.4) is 0 Å². The zero-order valence-electron chi connectivity index (χ0n) is 12.3. The number of unbranched alkanes of at least 4 members (excludes halogenated alkanes) is 3. The number of carbonyl (C=O) groups is 1. The predicted octanol–water partition coefficient (Wildman–Crippen LogP) is 3.25. The number of carbonyl (C=O) groups excluding carboxylic acids is 1. The molecular formula is C17H23NO2. The van der Waals surface area contributed by atoms with Crippen LogP contribution in [-0.2, 0) is 4.79 Å². The highest BCUT2D eigenvalue weighted by atomic mass is 16.2. The lowest BCUT2D eigenvalue weighted by atomic mass is 10.1. The summed E-state index contributed by atoms with van der Waals surface area (Å²) in [5, 5.41) is 11.7. The smallest absolute Gasteiger partial charge is 0.224 e. The Morgan fingerprint density at radius 2 is 2.10 bits per heavy atom. The summed E-state index contributed by atoms with van der Waals surface area (Å²) in [6, 6.07) is 5.72. The standard InChI is InChI=1S/C17H23NO2/c1-3-4-5-6-9-17(20)18-16-11-10-14(2)13-15(16)8-7-12-19/h10-11,13,19H,3-6,9,12H2,1-2H3,(H,18,20). The quantitative estimate of drug-likeness (QED) is 0.617. The van der Waals surface area contributed by atoms with Crippen LogP contribution in [0.5, 0.6) is 0 Å². The van der Waals surface area contributed by atoms with Gasteiger partial charge in [-0.05, 0) is 31.0 Å². The van der Waals surface area contributed by atoms with Crippen LogP contribution in [0.4, 0.5) is 5.69 Å². The summed E-state index contributed by atoms with van der Waals surface area (Å²) in [6.07, 6.45) is 4.89. The molecule has 0 fully saturated rings. The van der Waals surface area contributed by atoms with Crippen LogP contribution in [-0.4, -0.2) is 17.6 Å². The van der Waals surface area contributed by atoms with Gasteiger partial charge < -0.3 is 10.4 Å². The fourth-order valence-electron chi connectivity index (χ4n) is 1.93. The van der Waals surface area contributed by atoms with Gasteiger partial charge in [-0.15, -0.1) is 0 Å². The molecule has 3 nitrogen and oxygen atoms in total. The summed E-state index contributed by atoms with van der Waals surface area (Å²) in [4.78, 5) is 11.9. The third kappa shape index (κ3) is 5.90. The van der Waals surface area contributed by atoms with E-state index in [0.717, 1.165) is 29.7 Å². The number of hydrogen-bond acceptors (Lipinski definition) is 2. The molecule has 108 valence electrons. The van der Waals surface area contributed by atoms with E-state index >= 15 is 0 Å². The Morgan fingerprint density at radius 3 is 2.80 bits per heavy atom. The molecule has 3 heteroatoms. The van der Waals surface area contributed by atoms with Gasteiger partial charge in [-0.2, -0.15) is 0 Å². The highest BCUT2D eigenvalue weighted by Gasteiger charge is 2.05. The van der Waals surface area contributed by atoms with Crippen molar-refractivity contribution in [3.63, 3.8) is 0 Å². The molecule has 0 unspecified atom stereocenters. The zero-order valence-corrected chi connectivity index (χ0v) is 12.3. The minimum atomic E-state index is -0.182. The Balaban J connectivity index is 2.64. The van der Waals surface area contributed by atoms with Crippen LogP contribution in [0.15, 0.2) is 18.2 Å². The van der Waals surface area contributed by atoms with Crippen molar-refractivity contribution in [2.24, 2.45) is 0 Å². The fraction of sp³-hybridized carbons (Fsp3) is 0.471. The first-order chi connectivity index (χ1) is 9.67. The number of benzene rings is 1. The predicted molar refractivity (Wildman–Crippen MR) is 82.5 cm³/mol. The number of amides is 1. The van der Waals surface area contributed by atoms with Crippen molar-refractivity contribution in [2.45, 2.75) is 46.0 Å². The fourth-order valence-corrected chi connectivity index (χ4v) is 1.93. The van der Waals surface area contributed by atoms with Crippen molar-refractivity contribution < 1.29 is 9.90 Å². The van der Waals surface area contributed by atoms with Crippen molar-refractivity contribution in [3.05, 3.63) is 29.3 Å². The lowest BCUT2D eigenvalue weighted by Gasteiger charge is -2.08. The summed E-state index contributed by atoms with van der Waals surface area (Å²) in [5.41, 5.74) is 2.55. The highest BCUT2D eigenvalue weighted by Crippen LogP contribution is 2.17. The first kappa shape index (κ1) is 16.3. The molecule has 0 aliphatic carbocycles. The Bertz CT molecular complexity index is 497. The normalized spacial score (nSPS) is 9.75. The summed E-state index contributed by atoms with van der Waals surface area (Å²) in [7, 11) is 0. The molecule has 0 saturated heterocycles. The van der Waals surface area contributed by atoms with E-state index in [4.69, 9.17) is 5.11 Å². The Hall–Kier alpha value is -1.79. The van der Waals surface area contributed by atoms with Gasteiger partial charge in [-0.25, -0.2) is 0 Å². The van der Waals surface area contributed by atoms with Gasteiger partial charge in [-0.3, -0.25) is 4.79 Å². The summed E-state index contributed by atoms with van der Waals surface area (Å²) < 4.78 is 0. The molecule has 1 amide bonds. The Morgan fingerprint density at radius 1 is 1.30 bits per heavy atom. The monoisotopic (exact) mass is 273 g/mol. The van der Waals surface area contributed by atoms with E-state index < -0.39 is 0 Å². The van der Waals surface area contributed by atoms with E-state index in [2.05, 4.69) is 24.1 Å². The second-order valence-electron chi connectivity index (χ2n) is 4.87. The molecule has 0 radical (unpaired) electrons. The number of aliphatic hydroxyl groups is 1. The van der Waals surface area contributed by atoms with Gasteiger partial charge in [0.25, 0.3) is 0 Å². The second-order valence-corrected chi connectivity index (χ2v) is 4.87. The minimum absolute atomic E-state index is 0.0250. The first-order valence-electron chi connectivity index (χ1n) is 7.17. The zero-order chi connectivity index (χ0) is 14.8. The maximum absolute atomic E-state index is 11.9. The lowest BCUT2D eigenvalue weighted by Crippen LogP contribution is -2.12. The van der Waals surface area contributed by atoms with E-state index in [1.165, 1.54) is 12.8 Å². The van der Waals surface area contributed by atoms with Crippen molar-refractivity contribution in [2.75, 3.05) is 11.9 Å². The van der Waals surface area contributed by atoms with Crippen LogP contribution < -0.4 is 5.32 Å². The maximum Gasteiger partial charge on any atom is 0.224 e. The van der Waals surface area contributed by atoms with Crippen LogP contribution in [0.25, 0.3) is 0 Å². The molecule has 0 aliphatic rings. The highest BCUT2D eigenvalue weighted by molar-refractivity contribution is 5.92. The molecule has 20 heavy (non-hydrogen) atoms. The third-order valence-corrected chi connectivity index (χ3v) is 3.01. The molecule has 0 aromatic heterocycles. The number of anilines is 1. The van der Waals surface area contributed by atoms with Crippen molar-refractivity contribution in [3.8, 4) is 11.8 Å². The average Bonchev–Trinajstić information content (AvgIpc) is 2.44. The third-order valence-electron chi connectivity index (χ3n) is 3.01. The van der Waals surface area contributed by atoms with E-state index in [-0.39, 0.29) is 12.5 Å². The Kier molecular flexibility index (Phi) is 7.46. The van der Waals surface area contributed by atoms with Crippen LogP contribution in [0, 0.1) is 18.8 Å². The topological polar surface area (TPSA) is 49.3 Å². The van der Waals surface area contributed by atoms with Gasteiger partial charge in [0.1, 0.15) is 6.61 Å². The van der Waals surface area contributed by atoms with E-state index in [9.17, 15) is 4.79 Å². The molecule has 0 heterocycles. The SMILES string of the molecule is CCCCCCC(=O)Nc1ccc(C)cc1C#CCO. The van der Waals surface area contributed by atoms with Crippen LogP contribution >= 0.6 is 0 Å². The van der Waals surface area contributed by atoms with Gasteiger partial charge in [0.15, 0.2) is 0 Å². The first-order valence-corrected chi connectivity index (χ1v) is 7.17. The largest absolute Gasteiger partial charge is 0.384 e. The summed E-state index contributed by atoms with van der Waals surface area (Å²) >= 11 is 0. The number of rotatable bonds is 6. The van der Waals surface area contributed by atoms with E-state index in [0.29, 0.717) is 6.42 Å². The van der Waals surface area contributed by atoms with Gasteiger partial charge >= 0.3 is 0 Å². The van der Waals surface area contributed by atoms with Crippen LogP contribution in [0.1, 0.15) is 50.2 Å². The van der Waals surface area contributed by atoms with Gasteiger partial charge in [0, 0.05) is 12.0 Å². The summed E-state index contributed by atoms with van der Waals surface area (Å²) in [5.74, 6) is 5.52. The molecule has 0 bridgehead atoms. The molecule has 0 saturated carbocycles. The molecule has 1 rings (SSSR count). The van der Waals surface area contributed by atoms with Crippen molar-refractivity contribution in [1.29, 1.82) is 0 Å². The maximum atomic E-state index is 11.9. The average molecular weight is 273 g/mol. The molecule has 0 spiro atoms. The molecular weight excluding hydrogens is 250 g/mol. The minimum Gasteiger partial charge on any atom is -0.384 e. The number of aryl methyl sites for hydroxylation is 1. The van der Waals surface area contributed by atoms with Gasteiger partial charge in [-0.1, -0.05) is 44.1 Å². The van der Waals surface area contributed by atoms with E-state index in [1.807, 2.05) is 25.1 Å². The molecule has 2 N–H and O–H groups in total. The number of nitrogens with one attached hydrogen (secondary N) is 1. The molecule has 1 aromatic rings. The molecule has 0 atom stereocenters. The Labute approximate surface area is 121 Å². The number of aliphatic hydroxyl groups excluding tert-OH is 1. The number of hydrogen-bond donors (Lipinski definition) is 2.